The van der Waals surface area contributed by atoms with Gasteiger partial charge in [-0.05, 0) is 56.2 Å². The first-order valence-corrected chi connectivity index (χ1v) is 13.8. The van der Waals surface area contributed by atoms with E-state index < -0.39 is 24.1 Å². The summed E-state index contributed by atoms with van der Waals surface area (Å²) in [4.78, 5) is 27.7. The summed E-state index contributed by atoms with van der Waals surface area (Å²) in [7, 11) is 0. The predicted octanol–water partition coefficient (Wildman–Crippen LogP) is 4.68. The van der Waals surface area contributed by atoms with Crippen LogP contribution in [0.1, 0.15) is 49.1 Å². The highest BCUT2D eigenvalue weighted by molar-refractivity contribution is 5.72. The Morgan fingerprint density at radius 1 is 1.07 bits per heavy atom. The number of carbonyl (C=O) groups is 1. The highest BCUT2D eigenvalue weighted by Gasteiger charge is 2.47. The zero-order chi connectivity index (χ0) is 28.5. The molecule has 2 N–H and O–H groups in total. The SMILES string of the molecule is CC1(O)C[C@H](c2ccccc2OC(F)F)c2c1nc1ccc(-c3cnc(N4C[C@H]5CC[C@@H](C4)[C@@H]5C(=O)O)nc3)cn21. The average Bonchev–Trinajstić information content (AvgIpc) is 3.55. The molecule has 2 bridgehead atoms. The number of imidazole rings is 1. The fourth-order valence-electron chi connectivity index (χ4n) is 7.21. The normalized spacial score (nSPS) is 27.0. The number of anilines is 1. The Labute approximate surface area is 234 Å². The summed E-state index contributed by atoms with van der Waals surface area (Å²) >= 11 is 0. The van der Waals surface area contributed by atoms with Crippen LogP contribution in [-0.2, 0) is 10.4 Å². The van der Waals surface area contributed by atoms with Gasteiger partial charge in [0.15, 0.2) is 0 Å². The number of aliphatic carboxylic acids is 1. The summed E-state index contributed by atoms with van der Waals surface area (Å²) in [5, 5.41) is 20.9. The lowest BCUT2D eigenvalue weighted by Gasteiger charge is -2.35. The van der Waals surface area contributed by atoms with Gasteiger partial charge in [0.1, 0.15) is 17.0 Å². The largest absolute Gasteiger partial charge is 0.481 e. The van der Waals surface area contributed by atoms with Crippen molar-refractivity contribution in [2.75, 3.05) is 18.0 Å². The number of ether oxygens (including phenoxy) is 1. The molecule has 4 heterocycles. The predicted molar refractivity (Wildman–Crippen MR) is 145 cm³/mol. The van der Waals surface area contributed by atoms with E-state index in [-0.39, 0.29) is 29.9 Å². The van der Waals surface area contributed by atoms with Gasteiger partial charge in [-0.2, -0.15) is 8.78 Å². The Hall–Kier alpha value is -4.12. The summed E-state index contributed by atoms with van der Waals surface area (Å²) in [5.74, 6) is -0.514. The van der Waals surface area contributed by atoms with Crippen LogP contribution >= 0.6 is 0 Å². The third-order valence-electron chi connectivity index (χ3n) is 8.98. The Bertz CT molecular complexity index is 1630. The van der Waals surface area contributed by atoms with E-state index in [1.165, 1.54) is 6.07 Å². The van der Waals surface area contributed by atoms with Crippen LogP contribution in [0.4, 0.5) is 14.7 Å². The van der Waals surface area contributed by atoms with E-state index in [2.05, 4.69) is 14.9 Å². The molecule has 41 heavy (non-hydrogen) atoms. The Kier molecular flexibility index (Phi) is 5.97. The van der Waals surface area contributed by atoms with Gasteiger partial charge in [0.2, 0.25) is 5.95 Å². The van der Waals surface area contributed by atoms with Gasteiger partial charge >= 0.3 is 12.6 Å². The number of fused-ring (bicyclic) bond motifs is 5. The molecule has 2 fully saturated rings. The third-order valence-corrected chi connectivity index (χ3v) is 8.98. The molecule has 3 aromatic heterocycles. The number of benzene rings is 1. The minimum absolute atomic E-state index is 0.0760. The number of para-hydroxylation sites is 1. The molecular weight excluding hydrogens is 532 g/mol. The molecule has 1 aromatic carbocycles. The van der Waals surface area contributed by atoms with E-state index in [9.17, 15) is 23.8 Å². The van der Waals surface area contributed by atoms with Crippen molar-refractivity contribution in [3.05, 3.63) is 71.9 Å². The number of carboxylic acids is 1. The van der Waals surface area contributed by atoms with Gasteiger partial charge in [-0.3, -0.25) is 4.79 Å². The second-order valence-corrected chi connectivity index (χ2v) is 11.6. The number of rotatable bonds is 6. The van der Waals surface area contributed by atoms with Crippen molar-refractivity contribution in [1.29, 1.82) is 0 Å². The second-order valence-electron chi connectivity index (χ2n) is 11.6. The smallest absolute Gasteiger partial charge is 0.387 e. The molecule has 1 unspecified atom stereocenters. The molecule has 0 radical (unpaired) electrons. The highest BCUT2D eigenvalue weighted by Crippen LogP contribution is 2.50. The lowest BCUT2D eigenvalue weighted by atomic mass is 9.85. The molecule has 11 heteroatoms. The van der Waals surface area contributed by atoms with Crippen LogP contribution in [-0.4, -0.2) is 55.2 Å². The zero-order valence-electron chi connectivity index (χ0n) is 22.3. The number of hydrogen-bond donors (Lipinski definition) is 2. The number of alkyl halides is 2. The van der Waals surface area contributed by atoms with Crippen LogP contribution in [0, 0.1) is 17.8 Å². The van der Waals surface area contributed by atoms with Crippen LogP contribution in [0.15, 0.2) is 55.0 Å². The first-order chi connectivity index (χ1) is 19.7. The lowest BCUT2D eigenvalue weighted by Crippen LogP contribution is -2.45. The number of nitrogens with zero attached hydrogens (tertiary/aromatic N) is 5. The van der Waals surface area contributed by atoms with Crippen molar-refractivity contribution in [3.8, 4) is 16.9 Å². The fraction of sp³-hybridized carbons (Fsp3) is 0.400. The van der Waals surface area contributed by atoms with Gasteiger partial charge < -0.3 is 24.3 Å². The monoisotopic (exact) mass is 561 g/mol. The molecule has 2 aliphatic carbocycles. The Balaban J connectivity index is 1.22. The molecule has 212 valence electrons. The van der Waals surface area contributed by atoms with E-state index in [1.54, 1.807) is 37.5 Å². The minimum Gasteiger partial charge on any atom is -0.481 e. The topological polar surface area (TPSA) is 113 Å². The Morgan fingerprint density at radius 3 is 2.46 bits per heavy atom. The van der Waals surface area contributed by atoms with Crippen LogP contribution < -0.4 is 9.64 Å². The van der Waals surface area contributed by atoms with E-state index in [0.29, 0.717) is 35.9 Å². The van der Waals surface area contributed by atoms with Crippen molar-refractivity contribution in [2.24, 2.45) is 17.8 Å². The second kappa shape index (κ2) is 9.47. The molecule has 7 rings (SSSR count). The van der Waals surface area contributed by atoms with Gasteiger partial charge in [0.25, 0.3) is 0 Å². The summed E-state index contributed by atoms with van der Waals surface area (Å²) in [5.41, 5.74) is 2.80. The average molecular weight is 562 g/mol. The molecule has 1 saturated heterocycles. The number of pyridine rings is 1. The maximum Gasteiger partial charge on any atom is 0.387 e. The van der Waals surface area contributed by atoms with E-state index in [1.807, 2.05) is 22.7 Å². The summed E-state index contributed by atoms with van der Waals surface area (Å²) in [6.45, 7) is -0.00271. The van der Waals surface area contributed by atoms with E-state index in [0.717, 1.165) is 29.7 Å². The van der Waals surface area contributed by atoms with Crippen molar-refractivity contribution in [2.45, 2.75) is 44.3 Å². The molecule has 3 aliphatic rings. The molecule has 1 saturated carbocycles. The molecule has 9 nitrogen and oxygen atoms in total. The summed E-state index contributed by atoms with van der Waals surface area (Å²) in [6, 6.07) is 10.4. The molecule has 5 atom stereocenters. The van der Waals surface area contributed by atoms with Crippen LogP contribution in [0.2, 0.25) is 0 Å². The van der Waals surface area contributed by atoms with Gasteiger partial charge in [-0.25, -0.2) is 15.0 Å². The maximum atomic E-state index is 13.2. The zero-order valence-corrected chi connectivity index (χ0v) is 22.3. The van der Waals surface area contributed by atoms with Crippen molar-refractivity contribution >= 4 is 17.6 Å². The maximum absolute atomic E-state index is 13.2. The van der Waals surface area contributed by atoms with Crippen LogP contribution in [0.5, 0.6) is 5.75 Å². The van der Waals surface area contributed by atoms with Crippen LogP contribution in [0.25, 0.3) is 16.8 Å². The third kappa shape index (κ3) is 4.30. The van der Waals surface area contributed by atoms with Gasteiger partial charge in [-0.1, -0.05) is 18.2 Å². The number of carboxylic acid groups (broad SMARTS) is 1. The van der Waals surface area contributed by atoms with Gasteiger partial charge in [-0.15, -0.1) is 0 Å². The number of hydrogen-bond acceptors (Lipinski definition) is 7. The number of halogens is 2. The van der Waals surface area contributed by atoms with Gasteiger partial charge in [0, 0.05) is 54.3 Å². The van der Waals surface area contributed by atoms with Crippen molar-refractivity contribution in [1.82, 2.24) is 19.4 Å². The first kappa shape index (κ1) is 25.8. The molecule has 4 aromatic rings. The minimum atomic E-state index is -2.96. The summed E-state index contributed by atoms with van der Waals surface area (Å²) in [6.07, 6.45) is 7.52. The highest BCUT2D eigenvalue weighted by atomic mass is 19.3. The number of piperidine rings is 1. The molecular formula is C30H29F2N5O4. The summed E-state index contributed by atoms with van der Waals surface area (Å²) < 4.78 is 33.1. The fourth-order valence-corrected chi connectivity index (χ4v) is 7.21. The van der Waals surface area contributed by atoms with E-state index >= 15 is 0 Å². The van der Waals surface area contributed by atoms with E-state index in [4.69, 9.17) is 9.72 Å². The first-order valence-electron chi connectivity index (χ1n) is 13.8. The Morgan fingerprint density at radius 2 is 1.78 bits per heavy atom. The lowest BCUT2D eigenvalue weighted by molar-refractivity contribution is -0.144. The molecule has 0 spiro atoms. The quantitative estimate of drug-likeness (QED) is 0.349. The number of aliphatic hydroxyl groups is 1. The van der Waals surface area contributed by atoms with Crippen molar-refractivity contribution in [3.63, 3.8) is 0 Å². The molecule has 1 aliphatic heterocycles. The van der Waals surface area contributed by atoms with Crippen molar-refractivity contribution < 1.29 is 28.5 Å². The standard InChI is InChI=1S/C30H29F2N5O4/c1-30(40)10-21(20-4-2-3-5-22(20)41-28(31)32)25-26(30)35-23-9-8-16(15-37(23)25)19-11-33-29(34-12-19)36-13-17-6-7-18(14-36)24(17)27(38)39/h2-5,8-9,11-12,15,17-18,21,24,28,40H,6-7,10,13-14H2,1H3,(H,38,39)/t17-,18+,21-,24-,30?/m1/s1. The van der Waals surface area contributed by atoms with Gasteiger partial charge in [0.05, 0.1) is 17.3 Å². The van der Waals surface area contributed by atoms with Crippen LogP contribution in [0.3, 0.4) is 0 Å². The number of aromatic nitrogens is 4. The molecule has 0 amide bonds.